The Balaban J connectivity index is 1.31. The molecule has 0 N–H and O–H groups in total. The molecule has 201 valence electrons. The van der Waals surface area contributed by atoms with E-state index in [0.29, 0.717) is 0 Å². The summed E-state index contributed by atoms with van der Waals surface area (Å²) in [4.78, 5) is 0. The molecule has 0 saturated carbocycles. The maximum atomic E-state index is 6.97. The molecule has 0 spiro atoms. The van der Waals surface area contributed by atoms with Crippen molar-refractivity contribution in [2.24, 2.45) is 0 Å². The van der Waals surface area contributed by atoms with Crippen LogP contribution in [0.3, 0.4) is 0 Å². The Morgan fingerprint density at radius 3 is 1.43 bits per heavy atom. The molecule has 2 aliphatic rings. The average Bonchev–Trinajstić information content (AvgIpc) is 3.62. The van der Waals surface area contributed by atoms with E-state index in [1.165, 1.54) is 44.5 Å². The van der Waals surface area contributed by atoms with Crippen molar-refractivity contribution in [2.75, 3.05) is 14.2 Å². The summed E-state index contributed by atoms with van der Waals surface area (Å²) in [5.41, 5.74) is 10.0. The van der Waals surface area contributed by atoms with Crippen molar-refractivity contribution in [3.05, 3.63) is 119 Å². The Bertz CT molecular complexity index is 1460. The van der Waals surface area contributed by atoms with Crippen LogP contribution in [0.4, 0.5) is 0 Å². The summed E-state index contributed by atoms with van der Waals surface area (Å²) in [7, 11) is 17.5. The Morgan fingerprint density at radius 2 is 1.05 bits per heavy atom. The molecule has 0 aliphatic heterocycles. The predicted octanol–water partition coefficient (Wildman–Crippen LogP) is 9.61. The van der Waals surface area contributed by atoms with Crippen molar-refractivity contribution in [3.63, 3.8) is 0 Å². The van der Waals surface area contributed by atoms with E-state index in [4.69, 9.17) is 26.5 Å². The Hall–Kier alpha value is -2.36. The van der Waals surface area contributed by atoms with Gasteiger partial charge < -0.3 is 0 Å². The third kappa shape index (κ3) is 5.32. The van der Waals surface area contributed by atoms with Gasteiger partial charge in [-0.2, -0.15) is 0 Å². The first kappa shape index (κ1) is 27.8. The van der Waals surface area contributed by atoms with Crippen molar-refractivity contribution in [3.8, 4) is 33.8 Å². The summed E-state index contributed by atoms with van der Waals surface area (Å²) in [6.45, 7) is 0. The van der Waals surface area contributed by atoms with Crippen LogP contribution in [0.5, 0.6) is 11.5 Å². The molecule has 0 amide bonds. The molecule has 0 bridgehead atoms. The van der Waals surface area contributed by atoms with Crippen molar-refractivity contribution in [1.82, 2.24) is 0 Å². The number of rotatable bonds is 9. The van der Waals surface area contributed by atoms with E-state index in [9.17, 15) is 0 Å². The zero-order valence-corrected chi connectivity index (χ0v) is 27.7. The van der Waals surface area contributed by atoms with Crippen LogP contribution in [0.25, 0.3) is 34.4 Å². The molecule has 6 heteroatoms. The van der Waals surface area contributed by atoms with Gasteiger partial charge in [-0.05, 0) is 0 Å². The maximum absolute atomic E-state index is 6.97. The molecular weight excluding hydrogens is 631 g/mol. The van der Waals surface area contributed by atoms with Crippen molar-refractivity contribution >= 4 is 35.1 Å². The minimum atomic E-state index is -2.52. The van der Waals surface area contributed by atoms with Crippen molar-refractivity contribution in [1.29, 1.82) is 0 Å². The zero-order valence-electron chi connectivity index (χ0n) is 22.6. The molecule has 40 heavy (non-hydrogen) atoms. The summed E-state index contributed by atoms with van der Waals surface area (Å²) in [5.74, 6) is 0.999. The van der Waals surface area contributed by atoms with Gasteiger partial charge in [-0.3, -0.25) is 0 Å². The number of methoxy groups -OCH3 is 2. The van der Waals surface area contributed by atoms with Gasteiger partial charge in [0.1, 0.15) is 0 Å². The molecule has 2 nitrogen and oxygen atoms in total. The second-order valence-corrected chi connectivity index (χ2v) is 33.9. The molecule has 2 unspecified atom stereocenters. The summed E-state index contributed by atoms with van der Waals surface area (Å²) < 4.78 is 11.8. The van der Waals surface area contributed by atoms with Crippen LogP contribution in [-0.4, -0.2) is 20.1 Å². The van der Waals surface area contributed by atoms with Crippen LogP contribution < -0.4 is 9.47 Å². The molecule has 0 heterocycles. The Morgan fingerprint density at radius 1 is 0.625 bits per heavy atom. The van der Waals surface area contributed by atoms with Gasteiger partial charge in [-0.25, -0.2) is 0 Å². The minimum absolute atomic E-state index is 0.279. The van der Waals surface area contributed by atoms with Crippen LogP contribution in [0.2, 0.25) is 12.1 Å². The zero-order chi connectivity index (χ0) is 27.6. The van der Waals surface area contributed by atoms with Crippen LogP contribution in [-0.2, 0) is 18.5 Å². The van der Waals surface area contributed by atoms with Gasteiger partial charge in [-0.1, -0.05) is 0 Å². The average molecular weight is 662 g/mol. The quantitative estimate of drug-likeness (QED) is 0.166. The number of hydrogen-bond donors (Lipinski definition) is 0. The summed E-state index contributed by atoms with van der Waals surface area (Å²) in [6.07, 6.45) is 9.27. The molecule has 0 radical (unpaired) electrons. The monoisotopic (exact) mass is 659 g/mol. The summed E-state index contributed by atoms with van der Waals surface area (Å²) >= 11 is -2.52. The number of allylic oxidation sites excluding steroid dienone is 2. The number of halogens is 2. The van der Waals surface area contributed by atoms with Gasteiger partial charge in [0.2, 0.25) is 0 Å². The molecule has 2 aliphatic carbocycles. The fraction of sp³-hybridized carbons (Fsp3) is 0.176. The molecule has 6 rings (SSSR count). The van der Waals surface area contributed by atoms with E-state index < -0.39 is 24.4 Å². The molecule has 4 aromatic rings. The molecule has 0 fully saturated rings. The van der Waals surface area contributed by atoms with E-state index >= 15 is 0 Å². The van der Waals surface area contributed by atoms with Gasteiger partial charge in [0, 0.05) is 0 Å². The molecule has 0 aromatic heterocycles. The second-order valence-electron chi connectivity index (χ2n) is 10.4. The first-order valence-electron chi connectivity index (χ1n) is 13.7. The van der Waals surface area contributed by atoms with E-state index in [1.54, 1.807) is 14.2 Å². The number of fused-ring (bicyclic) bond motifs is 2. The van der Waals surface area contributed by atoms with Gasteiger partial charge >= 0.3 is 254 Å². The second kappa shape index (κ2) is 12.2. The van der Waals surface area contributed by atoms with E-state index in [2.05, 4.69) is 109 Å². The number of benzene rings is 4. The third-order valence-corrected chi connectivity index (χ3v) is 30.0. The first-order valence-corrected chi connectivity index (χ1v) is 26.5. The van der Waals surface area contributed by atoms with E-state index in [0.717, 1.165) is 23.6 Å². The molecule has 0 saturated heterocycles. The topological polar surface area (TPSA) is 18.5 Å². The molecule has 2 atom stereocenters. The Labute approximate surface area is 252 Å². The molecular formula is C34H31Cl2O2SiZr. The van der Waals surface area contributed by atoms with Gasteiger partial charge in [0.25, 0.3) is 0 Å². The standard InChI is InChI=1S/C34H31O2Si.2ClH.Zr/c1-35-31-19-17-27(23-9-5-3-6-10-23)29-15-13-25(33(29)31)21-37-22-26-14-16-30-28(24-11-7-4-8-12-24)18-20-32(36-2)34(26)30;;;/h3-20,25-26,37H,21-22H2,1-2H3;2*1H;/q;;;+2/p-2. The fourth-order valence-electron chi connectivity index (χ4n) is 6.35. The van der Waals surface area contributed by atoms with Crippen LogP contribution >= 0.6 is 17.0 Å². The number of ether oxygens (including phenoxy) is 2. The first-order chi connectivity index (χ1) is 19.6. The molecule has 4 aromatic carbocycles. The summed E-state index contributed by atoms with van der Waals surface area (Å²) in [6, 6.07) is 31.9. The van der Waals surface area contributed by atoms with Crippen molar-refractivity contribution < 1.29 is 28.0 Å². The van der Waals surface area contributed by atoms with Crippen molar-refractivity contribution in [2.45, 2.75) is 23.9 Å². The SMILES string of the molecule is COc1ccc(-c2ccccc2)c2c1C(C[SiH](CC1C=Cc3c(-c4ccccc4)ccc(OC)c31)[Zr]([Cl])[Cl])C=C2. The van der Waals surface area contributed by atoms with E-state index in [-0.39, 0.29) is 11.8 Å². The Kier molecular flexibility index (Phi) is 8.51. The normalized spacial score (nSPS) is 17.4. The van der Waals surface area contributed by atoms with Crippen LogP contribution in [0.1, 0.15) is 34.1 Å². The predicted molar refractivity (Wildman–Crippen MR) is 169 cm³/mol. The summed E-state index contributed by atoms with van der Waals surface area (Å²) in [5, 5.41) is 0. The van der Waals surface area contributed by atoms with Crippen LogP contribution in [0.15, 0.2) is 97.1 Å². The van der Waals surface area contributed by atoms with Gasteiger partial charge in [-0.15, -0.1) is 0 Å². The van der Waals surface area contributed by atoms with Crippen LogP contribution in [0, 0.1) is 0 Å². The number of hydrogen-bond acceptors (Lipinski definition) is 2. The fourth-order valence-corrected chi connectivity index (χ4v) is 21.6. The third-order valence-electron chi connectivity index (χ3n) is 8.22. The van der Waals surface area contributed by atoms with Gasteiger partial charge in [0.05, 0.1) is 0 Å². The van der Waals surface area contributed by atoms with Gasteiger partial charge in [0.15, 0.2) is 0 Å². The van der Waals surface area contributed by atoms with E-state index in [1.807, 2.05) is 0 Å².